The van der Waals surface area contributed by atoms with Crippen molar-refractivity contribution in [2.75, 3.05) is 0 Å². The normalized spacial score (nSPS) is 11.8. The van der Waals surface area contributed by atoms with E-state index in [2.05, 4.69) is 24.0 Å². The van der Waals surface area contributed by atoms with Crippen molar-refractivity contribution in [1.29, 1.82) is 0 Å². The van der Waals surface area contributed by atoms with E-state index in [9.17, 15) is 13.2 Å². The summed E-state index contributed by atoms with van der Waals surface area (Å²) in [6.07, 6.45) is -0.0564. The first-order chi connectivity index (χ1) is 13.7. The monoisotopic (exact) mass is 473 g/mol. The predicted octanol–water partition coefficient (Wildman–Crippen LogP) is 4.67. The van der Waals surface area contributed by atoms with Crippen LogP contribution in [0, 0.1) is 0 Å². The molecule has 7 nitrogen and oxygen atoms in total. The number of aryl methyl sites for hydroxylation is 1. The number of nitrogens with zero attached hydrogens (tertiary/aromatic N) is 2. The van der Waals surface area contributed by atoms with Gasteiger partial charge in [-0.3, -0.25) is 4.79 Å². The third kappa shape index (κ3) is 5.36. The van der Waals surface area contributed by atoms with E-state index >= 15 is 0 Å². The van der Waals surface area contributed by atoms with Gasteiger partial charge >= 0.3 is 0 Å². The molecule has 0 unspecified atom stereocenters. The summed E-state index contributed by atoms with van der Waals surface area (Å²) < 4.78 is 31.8. The minimum absolute atomic E-state index is 0.0136. The zero-order valence-electron chi connectivity index (χ0n) is 15.5. The van der Waals surface area contributed by atoms with Crippen molar-refractivity contribution >= 4 is 50.5 Å². The first-order valence-electron chi connectivity index (χ1n) is 8.59. The average molecular weight is 474 g/mol. The van der Waals surface area contributed by atoms with Crippen molar-refractivity contribution in [3.8, 4) is 11.4 Å². The van der Waals surface area contributed by atoms with Gasteiger partial charge in [0.05, 0.1) is 4.34 Å². The molecule has 0 saturated carbocycles. The van der Waals surface area contributed by atoms with Crippen molar-refractivity contribution in [3.05, 3.63) is 50.5 Å². The number of rotatable bonds is 7. The van der Waals surface area contributed by atoms with Crippen LogP contribution in [0.1, 0.15) is 37.6 Å². The highest BCUT2D eigenvalue weighted by molar-refractivity contribution is 7.90. The summed E-state index contributed by atoms with van der Waals surface area (Å²) >= 11 is 12.5. The second-order valence-electron chi connectivity index (χ2n) is 6.51. The van der Waals surface area contributed by atoms with Crippen LogP contribution in [0.3, 0.4) is 0 Å². The highest BCUT2D eigenvalue weighted by Crippen LogP contribution is 2.34. The maximum Gasteiger partial charge on any atom is 0.266 e. The Labute approximate surface area is 182 Å². The molecule has 0 saturated heterocycles. The van der Waals surface area contributed by atoms with Crippen LogP contribution in [0.5, 0.6) is 0 Å². The van der Waals surface area contributed by atoms with Gasteiger partial charge in [0.15, 0.2) is 0 Å². The Morgan fingerprint density at radius 2 is 1.93 bits per heavy atom. The molecule has 3 rings (SSSR count). The maximum atomic E-state index is 12.2. The fraction of sp³-hybridized carbons (Fsp3) is 0.278. The van der Waals surface area contributed by atoms with Gasteiger partial charge in [-0.25, -0.2) is 13.1 Å². The van der Waals surface area contributed by atoms with E-state index in [4.69, 9.17) is 27.7 Å². The summed E-state index contributed by atoms with van der Waals surface area (Å²) in [4.78, 5) is 16.1. The predicted molar refractivity (Wildman–Crippen MR) is 112 cm³/mol. The average Bonchev–Trinajstić information content (AvgIpc) is 3.26. The lowest BCUT2D eigenvalue weighted by Crippen LogP contribution is -2.30. The lowest BCUT2D eigenvalue weighted by Gasteiger charge is -2.05. The molecule has 0 aliphatic rings. The number of halogens is 2. The van der Waals surface area contributed by atoms with Crippen LogP contribution in [0.25, 0.3) is 11.4 Å². The Morgan fingerprint density at radius 1 is 1.24 bits per heavy atom. The van der Waals surface area contributed by atoms with Gasteiger partial charge in [0, 0.05) is 18.4 Å². The molecule has 1 amide bonds. The molecule has 2 heterocycles. The molecular weight excluding hydrogens is 457 g/mol. The summed E-state index contributed by atoms with van der Waals surface area (Å²) in [5.41, 5.74) is 1.99. The fourth-order valence-electron chi connectivity index (χ4n) is 2.48. The molecule has 0 bridgehead atoms. The van der Waals surface area contributed by atoms with Crippen LogP contribution in [-0.2, 0) is 21.2 Å². The van der Waals surface area contributed by atoms with Crippen LogP contribution in [-0.4, -0.2) is 24.5 Å². The Morgan fingerprint density at radius 3 is 2.52 bits per heavy atom. The smallest absolute Gasteiger partial charge is 0.266 e. The van der Waals surface area contributed by atoms with Gasteiger partial charge in [0.2, 0.25) is 17.6 Å². The second kappa shape index (κ2) is 8.83. The van der Waals surface area contributed by atoms with E-state index in [-0.39, 0.29) is 32.3 Å². The van der Waals surface area contributed by atoms with Gasteiger partial charge in [0.1, 0.15) is 9.23 Å². The van der Waals surface area contributed by atoms with Gasteiger partial charge < -0.3 is 4.52 Å². The summed E-state index contributed by atoms with van der Waals surface area (Å²) in [6.45, 7) is 4.21. The molecule has 0 aliphatic heterocycles. The number of aromatic nitrogens is 2. The van der Waals surface area contributed by atoms with Crippen molar-refractivity contribution in [2.45, 2.75) is 37.5 Å². The first kappa shape index (κ1) is 21.8. The van der Waals surface area contributed by atoms with Crippen LogP contribution in [0.2, 0.25) is 8.67 Å². The molecule has 154 valence electrons. The van der Waals surface area contributed by atoms with Gasteiger partial charge in [0.25, 0.3) is 10.0 Å². The largest absolute Gasteiger partial charge is 0.339 e. The molecule has 0 fully saturated rings. The Bertz CT molecular complexity index is 1120. The molecule has 2 aromatic heterocycles. The summed E-state index contributed by atoms with van der Waals surface area (Å²) in [6, 6.07) is 8.99. The number of carbonyl (C=O) groups is 1. The lowest BCUT2D eigenvalue weighted by atomic mass is 10.0. The molecule has 0 atom stereocenters. The van der Waals surface area contributed by atoms with Crippen molar-refractivity contribution in [2.24, 2.45) is 0 Å². The van der Waals surface area contributed by atoms with E-state index in [0.29, 0.717) is 11.7 Å². The van der Waals surface area contributed by atoms with Crippen molar-refractivity contribution in [1.82, 2.24) is 14.9 Å². The second-order valence-corrected chi connectivity index (χ2v) is 10.4. The third-order valence-electron chi connectivity index (χ3n) is 4.03. The molecular formula is C18H17Cl2N3O4S2. The zero-order chi connectivity index (χ0) is 21.2. The molecule has 0 aliphatic carbocycles. The van der Waals surface area contributed by atoms with Gasteiger partial charge in [-0.15, -0.1) is 11.3 Å². The quantitative estimate of drug-likeness (QED) is 0.534. The molecule has 0 radical (unpaired) electrons. The zero-order valence-corrected chi connectivity index (χ0v) is 18.6. The Hall–Kier alpha value is -1.94. The number of thiophene rings is 1. The highest BCUT2D eigenvalue weighted by Gasteiger charge is 2.23. The minimum Gasteiger partial charge on any atom is -0.339 e. The van der Waals surface area contributed by atoms with E-state index in [1.54, 1.807) is 0 Å². The van der Waals surface area contributed by atoms with E-state index in [1.807, 2.05) is 29.0 Å². The number of hydrogen-bond acceptors (Lipinski definition) is 7. The van der Waals surface area contributed by atoms with E-state index < -0.39 is 15.9 Å². The molecule has 1 N–H and O–H groups in total. The number of benzene rings is 1. The van der Waals surface area contributed by atoms with Crippen LogP contribution in [0.4, 0.5) is 0 Å². The standard InChI is InChI=1S/C18H17Cl2N3O4S2/c1-10(2)11-3-5-12(6-4-11)18-21-16(27-22-18)8-7-15(24)23-29(25,26)13-9-14(19)28-17(13)20/h3-6,9-10H,7-8H2,1-2H3,(H,23,24). The summed E-state index contributed by atoms with van der Waals surface area (Å²) in [7, 11) is -4.09. The number of amides is 1. The first-order valence-corrected chi connectivity index (χ1v) is 11.6. The van der Waals surface area contributed by atoms with Crippen molar-refractivity contribution in [3.63, 3.8) is 0 Å². The van der Waals surface area contributed by atoms with Crippen LogP contribution >= 0.6 is 34.5 Å². The van der Waals surface area contributed by atoms with Gasteiger partial charge in [-0.1, -0.05) is 66.5 Å². The third-order valence-corrected chi connectivity index (χ3v) is 7.16. The topological polar surface area (TPSA) is 102 Å². The number of nitrogens with one attached hydrogen (secondary N) is 1. The number of hydrogen-bond donors (Lipinski definition) is 1. The molecule has 11 heteroatoms. The Balaban J connectivity index is 1.60. The van der Waals surface area contributed by atoms with Crippen molar-refractivity contribution < 1.29 is 17.7 Å². The van der Waals surface area contributed by atoms with Crippen LogP contribution in [0.15, 0.2) is 39.8 Å². The fourth-order valence-corrected chi connectivity index (χ4v) is 5.64. The van der Waals surface area contributed by atoms with Gasteiger partial charge in [-0.2, -0.15) is 4.98 Å². The van der Waals surface area contributed by atoms with E-state index in [0.717, 1.165) is 16.9 Å². The number of sulfonamides is 1. The SMILES string of the molecule is CC(C)c1ccc(-c2noc(CCC(=O)NS(=O)(=O)c3cc(Cl)sc3Cl)n2)cc1. The lowest BCUT2D eigenvalue weighted by molar-refractivity contribution is -0.119. The molecule has 29 heavy (non-hydrogen) atoms. The number of carbonyl (C=O) groups excluding carboxylic acids is 1. The minimum atomic E-state index is -4.09. The van der Waals surface area contributed by atoms with Crippen LogP contribution < -0.4 is 4.72 Å². The van der Waals surface area contributed by atoms with E-state index in [1.165, 1.54) is 11.6 Å². The molecule has 1 aromatic carbocycles. The highest BCUT2D eigenvalue weighted by atomic mass is 35.5. The summed E-state index contributed by atoms with van der Waals surface area (Å²) in [5, 5.41) is 3.91. The molecule has 0 spiro atoms. The Kier molecular flexibility index (Phi) is 6.62. The maximum absolute atomic E-state index is 12.2. The molecule has 3 aromatic rings. The summed E-state index contributed by atoms with van der Waals surface area (Å²) in [5.74, 6) is 0.337. The van der Waals surface area contributed by atoms with Gasteiger partial charge in [-0.05, 0) is 17.5 Å².